The number of nitrogens with one attached hydrogen (secondary N) is 1. The van der Waals surface area contributed by atoms with Gasteiger partial charge in [-0.2, -0.15) is 0 Å². The first-order valence-electron chi connectivity index (χ1n) is 14.3. The number of hydrogen-bond acceptors (Lipinski definition) is 4. The summed E-state index contributed by atoms with van der Waals surface area (Å²) in [6.07, 6.45) is 14.7. The minimum Gasteiger partial charge on any atom is -0.489 e. The summed E-state index contributed by atoms with van der Waals surface area (Å²) in [6, 6.07) is 15.4. The van der Waals surface area contributed by atoms with E-state index in [0.717, 1.165) is 41.7 Å². The van der Waals surface area contributed by atoms with E-state index < -0.39 is 5.97 Å². The van der Waals surface area contributed by atoms with Crippen LogP contribution in [0.25, 0.3) is 6.08 Å². The fourth-order valence-electron chi connectivity index (χ4n) is 3.05. The number of amides is 1. The quantitative estimate of drug-likeness (QED) is 0.226. The van der Waals surface area contributed by atoms with Gasteiger partial charge >= 0.3 is 5.97 Å². The molecule has 1 amide bonds. The summed E-state index contributed by atoms with van der Waals surface area (Å²) in [4.78, 5) is 23.8. The van der Waals surface area contributed by atoms with E-state index in [9.17, 15) is 9.59 Å². The Morgan fingerprint density at radius 2 is 1.50 bits per heavy atom. The molecule has 0 aliphatic heterocycles. The average Bonchev–Trinajstić information content (AvgIpc) is 3.01. The highest BCUT2D eigenvalue weighted by molar-refractivity contribution is 5.97. The molecule has 0 bridgehead atoms. The van der Waals surface area contributed by atoms with Crippen molar-refractivity contribution >= 4 is 18.0 Å². The molecule has 0 aromatic heterocycles. The maximum absolute atomic E-state index is 12.0. The molecule has 0 saturated carbocycles. The summed E-state index contributed by atoms with van der Waals surface area (Å²) in [7, 11) is 0. The molecule has 2 aromatic carbocycles. The number of unbranched alkanes of at least 4 members (excludes halogenated alkanes) is 1. The predicted molar refractivity (Wildman–Crippen MR) is 169 cm³/mol. The van der Waals surface area contributed by atoms with E-state index in [2.05, 4.69) is 39.2 Å². The largest absolute Gasteiger partial charge is 0.489 e. The lowest BCUT2D eigenvalue weighted by molar-refractivity contribution is -0.144. The lowest BCUT2D eigenvalue weighted by Crippen LogP contribution is -2.31. The lowest BCUT2D eigenvalue weighted by atomic mass is 10.1. The molecular formula is C35H49NO4. The number of carbonyl (C=O) groups is 2. The number of allylic oxidation sites excluding steroid dienone is 3. The van der Waals surface area contributed by atoms with Gasteiger partial charge < -0.3 is 14.8 Å². The van der Waals surface area contributed by atoms with Crippen molar-refractivity contribution in [2.45, 2.75) is 79.9 Å². The van der Waals surface area contributed by atoms with E-state index in [1.54, 1.807) is 12.2 Å². The van der Waals surface area contributed by atoms with Crippen molar-refractivity contribution in [3.05, 3.63) is 108 Å². The van der Waals surface area contributed by atoms with Gasteiger partial charge in [-0.15, -0.1) is 6.58 Å². The lowest BCUT2D eigenvalue weighted by Gasteiger charge is -2.10. The molecule has 0 fully saturated rings. The first-order chi connectivity index (χ1) is 19.5. The van der Waals surface area contributed by atoms with Crippen LogP contribution in [0.1, 0.15) is 83.4 Å². The Morgan fingerprint density at radius 3 is 2.00 bits per heavy atom. The maximum atomic E-state index is 12.0. The standard InChI is InChI=1S/C25H25NO4.C5H10.C3H8.C2H6/c1-2-19-8-10-20(11-9-19)17-29-23-14-12-21(13-15-23)18-30-24(27)16-26-25(28)22-6-4-3-5-7-22;1-3-5-4-2;1-3-2;1-2/h2,4,6-15H,1,3,5,16-18H2,(H,26,28);3H,1,4-5H2,2H3;3H2,1-2H3;1-2H3. The van der Waals surface area contributed by atoms with E-state index in [4.69, 9.17) is 9.47 Å². The van der Waals surface area contributed by atoms with E-state index in [1.165, 1.54) is 12.8 Å². The van der Waals surface area contributed by atoms with Gasteiger partial charge in [-0.3, -0.25) is 9.59 Å². The summed E-state index contributed by atoms with van der Waals surface area (Å²) in [5.41, 5.74) is 3.57. The van der Waals surface area contributed by atoms with Gasteiger partial charge in [0.15, 0.2) is 0 Å². The Hall–Kier alpha value is -3.86. The van der Waals surface area contributed by atoms with Crippen LogP contribution in [0.2, 0.25) is 0 Å². The molecular weight excluding hydrogens is 498 g/mol. The third-order valence-corrected chi connectivity index (χ3v) is 5.09. The van der Waals surface area contributed by atoms with Crippen LogP contribution in [-0.2, 0) is 27.5 Å². The Bertz CT molecular complexity index is 1030. The number of benzene rings is 2. The number of esters is 1. The molecule has 0 heterocycles. The van der Waals surface area contributed by atoms with Crippen LogP contribution in [0.4, 0.5) is 0 Å². The topological polar surface area (TPSA) is 64.6 Å². The SMILES string of the molecule is C=CCCC.C=Cc1ccc(COc2ccc(COC(=O)CNC(=O)C3=CCCC=C3)cc2)cc1.CC.CCC. The number of rotatable bonds is 11. The van der Waals surface area contributed by atoms with E-state index in [-0.39, 0.29) is 19.1 Å². The van der Waals surface area contributed by atoms with Crippen LogP contribution in [0.15, 0.2) is 91.6 Å². The fraction of sp³-hybridized carbons (Fsp3) is 0.371. The van der Waals surface area contributed by atoms with Crippen molar-refractivity contribution < 1.29 is 19.1 Å². The van der Waals surface area contributed by atoms with Crippen LogP contribution >= 0.6 is 0 Å². The number of hydrogen-bond donors (Lipinski definition) is 1. The second-order valence-electron chi connectivity index (χ2n) is 8.65. The highest BCUT2D eigenvalue weighted by Gasteiger charge is 2.11. The molecule has 0 atom stereocenters. The van der Waals surface area contributed by atoms with Crippen LogP contribution in [0.5, 0.6) is 5.75 Å². The predicted octanol–water partition coefficient (Wildman–Crippen LogP) is 8.76. The molecule has 0 unspecified atom stereocenters. The van der Waals surface area contributed by atoms with Crippen molar-refractivity contribution in [3.8, 4) is 5.75 Å². The highest BCUT2D eigenvalue weighted by Crippen LogP contribution is 2.15. The highest BCUT2D eigenvalue weighted by atomic mass is 16.5. The molecule has 218 valence electrons. The zero-order chi connectivity index (χ0) is 30.0. The van der Waals surface area contributed by atoms with Crippen molar-refractivity contribution in [2.24, 2.45) is 0 Å². The van der Waals surface area contributed by atoms with Gasteiger partial charge in [-0.25, -0.2) is 0 Å². The van der Waals surface area contributed by atoms with Crippen LogP contribution < -0.4 is 10.1 Å². The van der Waals surface area contributed by atoms with Crippen molar-refractivity contribution in [3.63, 3.8) is 0 Å². The first-order valence-corrected chi connectivity index (χ1v) is 14.3. The van der Waals surface area contributed by atoms with Gasteiger partial charge in [0.2, 0.25) is 0 Å². The van der Waals surface area contributed by atoms with E-state index in [1.807, 2.05) is 80.6 Å². The Morgan fingerprint density at radius 1 is 0.900 bits per heavy atom. The Balaban J connectivity index is 0.00000132. The molecule has 40 heavy (non-hydrogen) atoms. The molecule has 1 N–H and O–H groups in total. The minimum absolute atomic E-state index is 0.139. The molecule has 5 nitrogen and oxygen atoms in total. The maximum Gasteiger partial charge on any atom is 0.325 e. The molecule has 0 saturated heterocycles. The third-order valence-electron chi connectivity index (χ3n) is 5.09. The molecule has 1 aliphatic rings. The first kappa shape index (κ1) is 36.1. The summed E-state index contributed by atoms with van der Waals surface area (Å²) >= 11 is 0. The van der Waals surface area contributed by atoms with Gasteiger partial charge in [0.25, 0.3) is 5.91 Å². The molecule has 0 radical (unpaired) electrons. The molecule has 2 aromatic rings. The average molecular weight is 548 g/mol. The molecule has 3 rings (SSSR count). The second-order valence-corrected chi connectivity index (χ2v) is 8.65. The number of ether oxygens (including phenoxy) is 2. The summed E-state index contributed by atoms with van der Waals surface area (Å²) in [6.45, 7) is 18.1. The van der Waals surface area contributed by atoms with Gasteiger partial charge in [0.05, 0.1) is 0 Å². The van der Waals surface area contributed by atoms with Gasteiger partial charge in [-0.1, -0.05) is 121 Å². The smallest absolute Gasteiger partial charge is 0.325 e. The zero-order valence-electron chi connectivity index (χ0n) is 25.2. The van der Waals surface area contributed by atoms with Gasteiger partial charge in [-0.05, 0) is 48.1 Å². The van der Waals surface area contributed by atoms with Crippen LogP contribution in [0, 0.1) is 0 Å². The fourth-order valence-corrected chi connectivity index (χ4v) is 3.05. The summed E-state index contributed by atoms with van der Waals surface area (Å²) < 4.78 is 11.0. The molecule has 1 aliphatic carbocycles. The van der Waals surface area contributed by atoms with Crippen molar-refractivity contribution in [1.29, 1.82) is 0 Å². The molecule has 5 heteroatoms. The monoisotopic (exact) mass is 547 g/mol. The molecule has 0 spiro atoms. The normalized spacial score (nSPS) is 11.0. The van der Waals surface area contributed by atoms with Crippen LogP contribution in [-0.4, -0.2) is 18.4 Å². The summed E-state index contributed by atoms with van der Waals surface area (Å²) in [5, 5.41) is 2.58. The zero-order valence-corrected chi connectivity index (χ0v) is 25.2. The number of carbonyl (C=O) groups excluding carboxylic acids is 2. The van der Waals surface area contributed by atoms with Crippen molar-refractivity contribution in [1.82, 2.24) is 5.32 Å². The van der Waals surface area contributed by atoms with E-state index >= 15 is 0 Å². The third kappa shape index (κ3) is 16.9. The van der Waals surface area contributed by atoms with Gasteiger partial charge in [0.1, 0.15) is 25.5 Å². The van der Waals surface area contributed by atoms with Crippen LogP contribution in [0.3, 0.4) is 0 Å². The minimum atomic E-state index is -0.480. The van der Waals surface area contributed by atoms with E-state index in [0.29, 0.717) is 12.2 Å². The Kier molecular flexibility index (Phi) is 21.9. The summed E-state index contributed by atoms with van der Waals surface area (Å²) in [5.74, 6) is -0.00507. The van der Waals surface area contributed by atoms with Gasteiger partial charge in [0, 0.05) is 5.57 Å². The second kappa shape index (κ2) is 24.2. The Labute approximate surface area is 242 Å². The van der Waals surface area contributed by atoms with Crippen molar-refractivity contribution in [2.75, 3.05) is 6.54 Å².